The van der Waals surface area contributed by atoms with E-state index in [2.05, 4.69) is 24.5 Å². The van der Waals surface area contributed by atoms with E-state index in [1.54, 1.807) is 27.7 Å². The van der Waals surface area contributed by atoms with Gasteiger partial charge in [0.25, 0.3) is 5.91 Å². The maximum absolute atomic E-state index is 13.3. The number of carbonyl (C=O) groups is 3. The lowest BCUT2D eigenvalue weighted by atomic mass is 9.89. The number of aryl methyl sites for hydroxylation is 2. The smallest absolute Gasteiger partial charge is 0.407 e. The summed E-state index contributed by atoms with van der Waals surface area (Å²) in [6.07, 6.45) is 0.168. The van der Waals surface area contributed by atoms with Crippen molar-refractivity contribution < 1.29 is 19.1 Å². The Labute approximate surface area is 208 Å². The van der Waals surface area contributed by atoms with Crippen LogP contribution in [0.15, 0.2) is 24.3 Å². The lowest BCUT2D eigenvalue weighted by Crippen LogP contribution is -2.33. The molecule has 2 aromatic rings. The first-order valence-corrected chi connectivity index (χ1v) is 11.9. The molecule has 0 spiro atoms. The highest BCUT2D eigenvalue weighted by Gasteiger charge is 2.25. The predicted molar refractivity (Wildman–Crippen MR) is 137 cm³/mol. The van der Waals surface area contributed by atoms with E-state index >= 15 is 0 Å². The van der Waals surface area contributed by atoms with Crippen LogP contribution in [0.4, 0.5) is 4.79 Å². The van der Waals surface area contributed by atoms with Crippen molar-refractivity contribution in [1.82, 2.24) is 15.6 Å². The minimum atomic E-state index is -0.637. The number of primary amides is 1. The van der Waals surface area contributed by atoms with Crippen molar-refractivity contribution in [1.29, 1.82) is 0 Å². The van der Waals surface area contributed by atoms with E-state index in [1.165, 1.54) is 0 Å². The Morgan fingerprint density at radius 2 is 1.69 bits per heavy atom. The predicted octanol–water partition coefficient (Wildman–Crippen LogP) is 4.19. The van der Waals surface area contributed by atoms with Gasteiger partial charge in [-0.15, -0.1) is 0 Å². The van der Waals surface area contributed by atoms with Gasteiger partial charge >= 0.3 is 6.09 Å². The number of rotatable bonds is 9. The molecule has 0 aliphatic rings. The Morgan fingerprint density at radius 1 is 1.06 bits per heavy atom. The SMILES string of the molecule is Cc1ccc(-c2c(CNC(=O)OC(C)(C)C)c(CC(C)C)nc(C)c2C(=O)NCCC(N)=O)cc1. The summed E-state index contributed by atoms with van der Waals surface area (Å²) in [6, 6.07) is 7.88. The molecule has 4 N–H and O–H groups in total. The minimum Gasteiger partial charge on any atom is -0.444 e. The molecule has 0 unspecified atom stereocenters. The Bertz CT molecular complexity index is 1070. The molecule has 2 rings (SSSR count). The Kier molecular flexibility index (Phi) is 9.40. The molecule has 3 amide bonds. The maximum atomic E-state index is 13.3. The zero-order valence-electron chi connectivity index (χ0n) is 21.9. The van der Waals surface area contributed by atoms with E-state index in [-0.39, 0.29) is 25.4 Å². The number of nitrogens with two attached hydrogens (primary N) is 1. The number of hydrogen-bond acceptors (Lipinski definition) is 5. The summed E-state index contributed by atoms with van der Waals surface area (Å²) in [5, 5.41) is 5.62. The summed E-state index contributed by atoms with van der Waals surface area (Å²) >= 11 is 0. The summed E-state index contributed by atoms with van der Waals surface area (Å²) in [5.41, 5.74) is 9.79. The summed E-state index contributed by atoms with van der Waals surface area (Å²) in [7, 11) is 0. The quantitative estimate of drug-likeness (QED) is 0.494. The Balaban J connectivity index is 2.65. The van der Waals surface area contributed by atoms with Gasteiger partial charge in [-0.2, -0.15) is 0 Å². The van der Waals surface area contributed by atoms with E-state index in [0.717, 1.165) is 22.4 Å². The first kappa shape index (κ1) is 27.8. The zero-order valence-corrected chi connectivity index (χ0v) is 21.9. The van der Waals surface area contributed by atoms with Crippen molar-refractivity contribution >= 4 is 17.9 Å². The number of benzene rings is 1. The number of carbonyl (C=O) groups excluding carboxylic acids is 3. The molecule has 35 heavy (non-hydrogen) atoms. The summed E-state index contributed by atoms with van der Waals surface area (Å²) < 4.78 is 5.43. The molecule has 8 nitrogen and oxygen atoms in total. The molecule has 190 valence electrons. The maximum Gasteiger partial charge on any atom is 0.407 e. The van der Waals surface area contributed by atoms with Crippen LogP contribution in [0.2, 0.25) is 0 Å². The van der Waals surface area contributed by atoms with Gasteiger partial charge in [0.05, 0.1) is 11.3 Å². The van der Waals surface area contributed by atoms with E-state index in [0.29, 0.717) is 29.2 Å². The number of nitrogens with one attached hydrogen (secondary N) is 2. The monoisotopic (exact) mass is 482 g/mol. The highest BCUT2D eigenvalue weighted by atomic mass is 16.6. The molecule has 0 saturated heterocycles. The molecular formula is C27H38N4O4. The van der Waals surface area contributed by atoms with Crippen molar-refractivity contribution in [2.45, 2.75) is 73.5 Å². The molecule has 0 atom stereocenters. The largest absolute Gasteiger partial charge is 0.444 e. The molecule has 0 bridgehead atoms. The average molecular weight is 483 g/mol. The molecule has 0 aliphatic carbocycles. The highest BCUT2D eigenvalue weighted by Crippen LogP contribution is 2.33. The number of aromatic nitrogens is 1. The van der Waals surface area contributed by atoms with Gasteiger partial charge < -0.3 is 21.1 Å². The number of ether oxygens (including phenoxy) is 1. The molecule has 0 saturated carbocycles. The lowest BCUT2D eigenvalue weighted by Gasteiger charge is -2.23. The molecule has 0 aliphatic heterocycles. The molecule has 1 aromatic heterocycles. The van der Waals surface area contributed by atoms with Crippen LogP contribution in [0.1, 0.15) is 73.9 Å². The second kappa shape index (κ2) is 11.8. The first-order chi connectivity index (χ1) is 16.3. The number of alkyl carbamates (subject to hydrolysis) is 1. The highest BCUT2D eigenvalue weighted by molar-refractivity contribution is 6.03. The minimum absolute atomic E-state index is 0.0383. The average Bonchev–Trinajstić information content (AvgIpc) is 2.71. The van der Waals surface area contributed by atoms with Crippen LogP contribution in [-0.2, 0) is 22.5 Å². The van der Waals surface area contributed by atoms with Gasteiger partial charge in [-0.05, 0) is 52.5 Å². The number of hydrogen-bond donors (Lipinski definition) is 3. The van der Waals surface area contributed by atoms with E-state index in [1.807, 2.05) is 31.2 Å². The molecule has 0 radical (unpaired) electrons. The zero-order chi connectivity index (χ0) is 26.3. The third-order valence-electron chi connectivity index (χ3n) is 5.20. The Morgan fingerprint density at radius 3 is 2.23 bits per heavy atom. The normalized spacial score (nSPS) is 11.3. The van der Waals surface area contributed by atoms with Gasteiger partial charge in [-0.25, -0.2) is 4.79 Å². The fourth-order valence-corrected chi connectivity index (χ4v) is 3.73. The van der Waals surface area contributed by atoms with Crippen LogP contribution in [-0.4, -0.2) is 35.0 Å². The fourth-order valence-electron chi connectivity index (χ4n) is 3.73. The van der Waals surface area contributed by atoms with Gasteiger partial charge in [0.15, 0.2) is 0 Å². The van der Waals surface area contributed by atoms with Crippen LogP contribution < -0.4 is 16.4 Å². The van der Waals surface area contributed by atoms with Gasteiger partial charge in [-0.1, -0.05) is 43.7 Å². The molecule has 1 aromatic carbocycles. The second-order valence-corrected chi connectivity index (χ2v) is 10.2. The van der Waals surface area contributed by atoms with Crippen molar-refractivity contribution in [2.75, 3.05) is 6.54 Å². The standard InChI is InChI=1S/C27H38N4O4/c1-16(2)14-21-20(15-30-26(34)35-27(5,6)7)24(19-10-8-17(3)9-11-19)23(18(4)31-21)25(33)29-13-12-22(28)32/h8-11,16H,12-15H2,1-7H3,(H2,28,32)(H,29,33)(H,30,34). The van der Waals surface area contributed by atoms with Gasteiger partial charge in [0.1, 0.15) is 5.60 Å². The number of amides is 3. The van der Waals surface area contributed by atoms with Crippen LogP contribution in [0.3, 0.4) is 0 Å². The van der Waals surface area contributed by atoms with Gasteiger partial charge in [-0.3, -0.25) is 14.6 Å². The topological polar surface area (TPSA) is 123 Å². The first-order valence-electron chi connectivity index (χ1n) is 11.9. The molecule has 8 heteroatoms. The Hall–Kier alpha value is -3.42. The van der Waals surface area contributed by atoms with Crippen molar-refractivity contribution in [2.24, 2.45) is 11.7 Å². The van der Waals surface area contributed by atoms with Crippen molar-refractivity contribution in [3.63, 3.8) is 0 Å². The molecule has 1 heterocycles. The molecule has 0 fully saturated rings. The molecular weight excluding hydrogens is 444 g/mol. The van der Waals surface area contributed by atoms with E-state index in [9.17, 15) is 14.4 Å². The van der Waals surface area contributed by atoms with E-state index < -0.39 is 17.6 Å². The number of nitrogens with zero attached hydrogens (tertiary/aromatic N) is 1. The van der Waals surface area contributed by atoms with Crippen LogP contribution in [0, 0.1) is 19.8 Å². The lowest BCUT2D eigenvalue weighted by molar-refractivity contribution is -0.117. The summed E-state index contributed by atoms with van der Waals surface area (Å²) in [4.78, 5) is 41.7. The van der Waals surface area contributed by atoms with Gasteiger partial charge in [0.2, 0.25) is 5.91 Å². The summed E-state index contributed by atoms with van der Waals surface area (Å²) in [6.45, 7) is 13.7. The van der Waals surface area contributed by atoms with Crippen LogP contribution in [0.5, 0.6) is 0 Å². The van der Waals surface area contributed by atoms with Crippen LogP contribution >= 0.6 is 0 Å². The van der Waals surface area contributed by atoms with Gasteiger partial charge in [0, 0.05) is 36.3 Å². The third kappa shape index (κ3) is 8.38. The van der Waals surface area contributed by atoms with Crippen molar-refractivity contribution in [3.05, 3.63) is 52.3 Å². The number of pyridine rings is 1. The van der Waals surface area contributed by atoms with Crippen LogP contribution in [0.25, 0.3) is 11.1 Å². The van der Waals surface area contributed by atoms with Crippen molar-refractivity contribution in [3.8, 4) is 11.1 Å². The third-order valence-corrected chi connectivity index (χ3v) is 5.20. The summed E-state index contributed by atoms with van der Waals surface area (Å²) in [5.74, 6) is -0.529. The van der Waals surface area contributed by atoms with E-state index in [4.69, 9.17) is 15.5 Å². The fraction of sp³-hybridized carbons (Fsp3) is 0.481. The second-order valence-electron chi connectivity index (χ2n) is 10.2.